The van der Waals surface area contributed by atoms with Gasteiger partial charge in [0.2, 0.25) is 9.35 Å². The molecule has 1 unspecified atom stereocenters. The van der Waals surface area contributed by atoms with E-state index in [9.17, 15) is 14.3 Å². The molecule has 0 amide bonds. The molecule has 0 saturated carbocycles. The van der Waals surface area contributed by atoms with Crippen molar-refractivity contribution in [3.05, 3.63) is 16.3 Å². The minimum atomic E-state index is -1.17. The minimum Gasteiger partial charge on any atom is -0.358 e. The second kappa shape index (κ2) is 5.53. The topological polar surface area (TPSA) is 104 Å². The summed E-state index contributed by atoms with van der Waals surface area (Å²) >= 11 is 1.14. The minimum absolute atomic E-state index is 0.124. The number of hydrogen-bond donors (Lipinski definition) is 0. The molecule has 0 bridgehead atoms. The van der Waals surface area contributed by atoms with Crippen LogP contribution in [0.2, 0.25) is 0 Å². The van der Waals surface area contributed by atoms with Gasteiger partial charge in [-0.2, -0.15) is 0 Å². The third kappa shape index (κ3) is 2.68. The zero-order valence-electron chi connectivity index (χ0n) is 10.3. The fraction of sp³-hybridized carbons (Fsp3) is 0.444. The zero-order valence-corrected chi connectivity index (χ0v) is 11.9. The summed E-state index contributed by atoms with van der Waals surface area (Å²) in [6.45, 7) is 1.93. The van der Waals surface area contributed by atoms with E-state index in [-0.39, 0.29) is 5.82 Å². The quantitative estimate of drug-likeness (QED) is 0.610. The molecule has 0 N–H and O–H groups in total. The lowest BCUT2D eigenvalue weighted by molar-refractivity contribution is -0.391. The second-order valence-electron chi connectivity index (χ2n) is 3.68. The highest BCUT2D eigenvalue weighted by Gasteiger charge is 2.22. The molecule has 0 aliphatic rings. The predicted molar refractivity (Wildman–Crippen MR) is 70.3 cm³/mol. The van der Waals surface area contributed by atoms with Gasteiger partial charge in [-0.3, -0.25) is 4.21 Å². The second-order valence-corrected chi connectivity index (χ2v) is 6.40. The number of imidazole rings is 1. The molecule has 0 radical (unpaired) electrons. The molecule has 1 atom stereocenters. The third-order valence-corrected chi connectivity index (χ3v) is 5.10. The molecular weight excluding hydrogens is 290 g/mol. The normalized spacial score (nSPS) is 12.5. The maximum atomic E-state index is 11.8. The summed E-state index contributed by atoms with van der Waals surface area (Å²) in [7, 11) is 0.361. The van der Waals surface area contributed by atoms with E-state index in [4.69, 9.17) is 0 Å². The van der Waals surface area contributed by atoms with Crippen LogP contribution in [0.25, 0.3) is 10.8 Å². The van der Waals surface area contributed by atoms with E-state index >= 15 is 0 Å². The van der Waals surface area contributed by atoms with Crippen molar-refractivity contribution in [2.75, 3.05) is 5.75 Å². The van der Waals surface area contributed by atoms with E-state index in [0.29, 0.717) is 20.9 Å². The lowest BCUT2D eigenvalue weighted by atomic mass is 10.6. The lowest BCUT2D eigenvalue weighted by Crippen LogP contribution is -1.98. The van der Waals surface area contributed by atoms with Crippen molar-refractivity contribution in [1.82, 2.24) is 19.7 Å². The molecule has 19 heavy (non-hydrogen) atoms. The van der Waals surface area contributed by atoms with Gasteiger partial charge >= 0.3 is 5.82 Å². The fourth-order valence-electron chi connectivity index (χ4n) is 1.43. The molecule has 2 aromatic heterocycles. The SMILES string of the molecule is CCCS(=O)c1nnc(-c2ncc([N+](=O)[O-])n2C)s1. The van der Waals surface area contributed by atoms with Gasteiger partial charge in [0, 0.05) is 5.75 Å². The highest BCUT2D eigenvalue weighted by molar-refractivity contribution is 7.87. The number of rotatable bonds is 5. The first-order valence-electron chi connectivity index (χ1n) is 5.43. The maximum absolute atomic E-state index is 11.8. The zero-order chi connectivity index (χ0) is 14.0. The molecule has 2 heterocycles. The molecule has 2 rings (SSSR count). The lowest BCUT2D eigenvalue weighted by Gasteiger charge is -1.94. The van der Waals surface area contributed by atoms with Crippen LogP contribution in [0.15, 0.2) is 10.5 Å². The van der Waals surface area contributed by atoms with E-state index in [2.05, 4.69) is 15.2 Å². The molecule has 0 aromatic carbocycles. The number of aromatic nitrogens is 4. The van der Waals surface area contributed by atoms with E-state index < -0.39 is 15.7 Å². The summed E-state index contributed by atoms with van der Waals surface area (Å²) in [6.07, 6.45) is 1.95. The first-order valence-corrected chi connectivity index (χ1v) is 7.56. The first kappa shape index (κ1) is 13.7. The molecule has 2 aromatic rings. The Hall–Kier alpha value is -1.68. The van der Waals surface area contributed by atoms with Crippen molar-refractivity contribution in [2.45, 2.75) is 17.7 Å². The maximum Gasteiger partial charge on any atom is 0.342 e. The van der Waals surface area contributed by atoms with Crippen LogP contribution in [0.3, 0.4) is 0 Å². The predicted octanol–water partition coefficient (Wildman–Crippen LogP) is 1.36. The summed E-state index contributed by atoms with van der Waals surface area (Å²) in [5, 5.41) is 18.9. The van der Waals surface area contributed by atoms with Crippen LogP contribution < -0.4 is 0 Å². The van der Waals surface area contributed by atoms with Crippen molar-refractivity contribution in [1.29, 1.82) is 0 Å². The summed E-state index contributed by atoms with van der Waals surface area (Å²) in [5.74, 6) is 0.750. The van der Waals surface area contributed by atoms with Crippen molar-refractivity contribution in [3.63, 3.8) is 0 Å². The molecule has 0 aliphatic heterocycles. The van der Waals surface area contributed by atoms with E-state index in [0.717, 1.165) is 17.8 Å². The molecule has 0 spiro atoms. The van der Waals surface area contributed by atoms with E-state index in [1.165, 1.54) is 17.8 Å². The molecule has 10 heteroatoms. The van der Waals surface area contributed by atoms with Gasteiger partial charge in [0.05, 0.1) is 17.8 Å². The average molecular weight is 301 g/mol. The smallest absolute Gasteiger partial charge is 0.342 e. The average Bonchev–Trinajstić information content (AvgIpc) is 2.95. The molecule has 102 valence electrons. The largest absolute Gasteiger partial charge is 0.358 e. The van der Waals surface area contributed by atoms with Crippen molar-refractivity contribution >= 4 is 28.0 Å². The number of nitrogens with zero attached hydrogens (tertiary/aromatic N) is 5. The highest BCUT2D eigenvalue weighted by Crippen LogP contribution is 2.26. The van der Waals surface area contributed by atoms with Gasteiger partial charge < -0.3 is 10.1 Å². The Bertz CT molecular complexity index is 636. The van der Waals surface area contributed by atoms with Crippen LogP contribution in [0.4, 0.5) is 5.82 Å². The molecule has 0 saturated heterocycles. The molecule has 0 fully saturated rings. The van der Waals surface area contributed by atoms with Gasteiger partial charge in [0.1, 0.15) is 6.20 Å². The number of nitro groups is 1. The number of hydrogen-bond acceptors (Lipinski definition) is 7. The van der Waals surface area contributed by atoms with Gasteiger partial charge in [-0.05, 0) is 11.3 Å². The van der Waals surface area contributed by atoms with Gasteiger partial charge in [-0.25, -0.2) is 9.55 Å². The van der Waals surface area contributed by atoms with Crippen molar-refractivity contribution in [3.8, 4) is 10.8 Å². The standard InChI is InChI=1S/C9H11N5O3S2/c1-3-4-19(17)9-12-11-8(18-9)7-10-5-6(13(7)2)14(15)16/h5H,3-4H2,1-2H3. The third-order valence-electron chi connectivity index (χ3n) is 2.33. The van der Waals surface area contributed by atoms with Crippen LogP contribution in [0.1, 0.15) is 13.3 Å². The monoisotopic (exact) mass is 301 g/mol. The fourth-order valence-corrected chi connectivity index (χ4v) is 3.58. The van der Waals surface area contributed by atoms with Crippen LogP contribution >= 0.6 is 11.3 Å². The van der Waals surface area contributed by atoms with E-state index in [1.807, 2.05) is 6.92 Å². The Morgan fingerprint density at radius 3 is 2.84 bits per heavy atom. The summed E-state index contributed by atoms with van der Waals surface area (Å²) in [4.78, 5) is 14.2. The summed E-state index contributed by atoms with van der Waals surface area (Å²) in [6, 6.07) is 0. The van der Waals surface area contributed by atoms with Gasteiger partial charge in [-0.15, -0.1) is 10.2 Å². The van der Waals surface area contributed by atoms with Crippen LogP contribution in [-0.2, 0) is 17.8 Å². The van der Waals surface area contributed by atoms with Crippen LogP contribution in [-0.4, -0.2) is 34.6 Å². The Labute approximate surface area is 115 Å². The highest BCUT2D eigenvalue weighted by atomic mass is 32.2. The first-order chi connectivity index (χ1) is 9.04. The van der Waals surface area contributed by atoms with E-state index in [1.54, 1.807) is 0 Å². The summed E-state index contributed by atoms with van der Waals surface area (Å²) in [5.41, 5.74) is 0. The Morgan fingerprint density at radius 1 is 1.53 bits per heavy atom. The van der Waals surface area contributed by atoms with Crippen LogP contribution in [0.5, 0.6) is 0 Å². The van der Waals surface area contributed by atoms with Crippen molar-refractivity contribution < 1.29 is 9.13 Å². The van der Waals surface area contributed by atoms with Gasteiger partial charge in [0.25, 0.3) is 5.82 Å². The van der Waals surface area contributed by atoms with Gasteiger partial charge in [-0.1, -0.05) is 18.3 Å². The Balaban J connectivity index is 2.33. The van der Waals surface area contributed by atoms with Crippen LogP contribution in [0, 0.1) is 10.1 Å². The summed E-state index contributed by atoms with van der Waals surface area (Å²) < 4.78 is 13.5. The molecule has 8 nitrogen and oxygen atoms in total. The Kier molecular flexibility index (Phi) is 4.00. The molecular formula is C9H11N5O3S2. The molecule has 0 aliphatic carbocycles. The van der Waals surface area contributed by atoms with Gasteiger partial charge in [0.15, 0.2) is 0 Å². The Morgan fingerprint density at radius 2 is 2.26 bits per heavy atom. The van der Waals surface area contributed by atoms with Crippen molar-refractivity contribution in [2.24, 2.45) is 7.05 Å².